The lowest BCUT2D eigenvalue weighted by atomic mass is 10.1. The molecule has 0 radical (unpaired) electrons. The fourth-order valence-corrected chi connectivity index (χ4v) is 3.92. The van der Waals surface area contributed by atoms with Crippen LogP contribution in [0.25, 0.3) is 11.5 Å². The summed E-state index contributed by atoms with van der Waals surface area (Å²) in [5, 5.41) is 12.5. The van der Waals surface area contributed by atoms with Crippen molar-refractivity contribution in [3.63, 3.8) is 0 Å². The SMILES string of the molecule is O=C(CCc1nnc(-c2ccsc2)o1)N1CCN(C(=O)c2ccc(Cl)cc2)CC1. The van der Waals surface area contributed by atoms with Crippen LogP contribution in [-0.4, -0.2) is 58.0 Å². The van der Waals surface area contributed by atoms with E-state index in [1.807, 2.05) is 16.8 Å². The highest BCUT2D eigenvalue weighted by molar-refractivity contribution is 7.08. The van der Waals surface area contributed by atoms with Crippen LogP contribution in [0.2, 0.25) is 5.02 Å². The molecule has 1 saturated heterocycles. The Balaban J connectivity index is 1.26. The highest BCUT2D eigenvalue weighted by Crippen LogP contribution is 2.21. The van der Waals surface area contributed by atoms with Crippen molar-refractivity contribution in [3.8, 4) is 11.5 Å². The van der Waals surface area contributed by atoms with Crippen LogP contribution in [0.5, 0.6) is 0 Å². The van der Waals surface area contributed by atoms with E-state index in [2.05, 4.69) is 10.2 Å². The third-order valence-corrected chi connectivity index (χ3v) is 5.73. The molecule has 0 spiro atoms. The van der Waals surface area contributed by atoms with Gasteiger partial charge in [0, 0.05) is 60.6 Å². The summed E-state index contributed by atoms with van der Waals surface area (Å²) < 4.78 is 5.62. The normalized spacial score (nSPS) is 14.2. The predicted octanol–water partition coefficient (Wildman–Crippen LogP) is 3.37. The Hall–Kier alpha value is -2.71. The number of amides is 2. The van der Waals surface area contributed by atoms with E-state index < -0.39 is 0 Å². The molecule has 0 atom stereocenters. The number of aryl methyl sites for hydroxylation is 1. The number of carbonyl (C=O) groups excluding carboxylic acids is 2. The zero-order chi connectivity index (χ0) is 20.2. The molecular formula is C20H19ClN4O3S. The number of carbonyl (C=O) groups is 2. The molecule has 1 aliphatic rings. The molecule has 0 aliphatic carbocycles. The van der Waals surface area contributed by atoms with Gasteiger partial charge in [-0.2, -0.15) is 11.3 Å². The molecule has 7 nitrogen and oxygen atoms in total. The molecule has 1 aliphatic heterocycles. The lowest BCUT2D eigenvalue weighted by Crippen LogP contribution is -2.50. The van der Waals surface area contributed by atoms with E-state index in [-0.39, 0.29) is 11.8 Å². The van der Waals surface area contributed by atoms with Crippen LogP contribution in [0.3, 0.4) is 0 Å². The summed E-state index contributed by atoms with van der Waals surface area (Å²) in [6.45, 7) is 2.05. The Kier molecular flexibility index (Phi) is 5.92. The number of aromatic nitrogens is 2. The second-order valence-electron chi connectivity index (χ2n) is 6.69. The van der Waals surface area contributed by atoms with E-state index in [4.69, 9.17) is 16.0 Å². The number of piperazine rings is 1. The molecule has 150 valence electrons. The lowest BCUT2D eigenvalue weighted by molar-refractivity contribution is -0.132. The molecule has 2 amide bonds. The highest BCUT2D eigenvalue weighted by atomic mass is 35.5. The minimum Gasteiger partial charge on any atom is -0.421 e. The monoisotopic (exact) mass is 430 g/mol. The first-order valence-corrected chi connectivity index (χ1v) is 10.6. The van der Waals surface area contributed by atoms with Crippen LogP contribution in [0.15, 0.2) is 45.5 Å². The van der Waals surface area contributed by atoms with Crippen LogP contribution >= 0.6 is 22.9 Å². The first-order chi connectivity index (χ1) is 14.1. The summed E-state index contributed by atoms with van der Waals surface area (Å²) in [4.78, 5) is 28.6. The molecule has 9 heteroatoms. The summed E-state index contributed by atoms with van der Waals surface area (Å²) in [6, 6.07) is 8.76. The van der Waals surface area contributed by atoms with Crippen molar-refractivity contribution in [1.82, 2.24) is 20.0 Å². The fraction of sp³-hybridized carbons (Fsp3) is 0.300. The second-order valence-corrected chi connectivity index (χ2v) is 7.91. The maximum Gasteiger partial charge on any atom is 0.253 e. The summed E-state index contributed by atoms with van der Waals surface area (Å²) in [7, 11) is 0. The van der Waals surface area contributed by atoms with E-state index in [9.17, 15) is 9.59 Å². The number of benzene rings is 1. The molecule has 1 fully saturated rings. The molecule has 0 bridgehead atoms. The average molecular weight is 431 g/mol. The molecule has 1 aromatic carbocycles. The van der Waals surface area contributed by atoms with Crippen LogP contribution in [0.1, 0.15) is 22.7 Å². The highest BCUT2D eigenvalue weighted by Gasteiger charge is 2.25. The van der Waals surface area contributed by atoms with Crippen LogP contribution < -0.4 is 0 Å². The van der Waals surface area contributed by atoms with Gasteiger partial charge in [-0.1, -0.05) is 11.6 Å². The first-order valence-electron chi connectivity index (χ1n) is 9.28. The zero-order valence-corrected chi connectivity index (χ0v) is 17.2. The largest absolute Gasteiger partial charge is 0.421 e. The minimum absolute atomic E-state index is 0.0267. The van der Waals surface area contributed by atoms with Gasteiger partial charge in [0.1, 0.15) is 0 Å². The Morgan fingerprint density at radius 2 is 1.76 bits per heavy atom. The Morgan fingerprint density at radius 1 is 1.03 bits per heavy atom. The van der Waals surface area contributed by atoms with Crippen LogP contribution in [0, 0.1) is 0 Å². The topological polar surface area (TPSA) is 79.5 Å². The summed E-state index contributed by atoms with van der Waals surface area (Å²) in [6.07, 6.45) is 0.705. The molecule has 3 aromatic rings. The molecule has 2 aromatic heterocycles. The lowest BCUT2D eigenvalue weighted by Gasteiger charge is -2.34. The van der Waals surface area contributed by atoms with Crippen LogP contribution in [-0.2, 0) is 11.2 Å². The van der Waals surface area contributed by atoms with E-state index in [1.165, 1.54) is 0 Å². The smallest absolute Gasteiger partial charge is 0.253 e. The molecule has 0 unspecified atom stereocenters. The van der Waals surface area contributed by atoms with Crippen molar-refractivity contribution >= 4 is 34.8 Å². The molecule has 0 N–H and O–H groups in total. The van der Waals surface area contributed by atoms with Gasteiger partial charge in [-0.25, -0.2) is 0 Å². The summed E-state index contributed by atoms with van der Waals surface area (Å²) >= 11 is 7.43. The molecule has 0 saturated carbocycles. The second kappa shape index (κ2) is 8.75. The molecule has 3 heterocycles. The summed E-state index contributed by atoms with van der Waals surface area (Å²) in [5.74, 6) is 0.915. The van der Waals surface area contributed by atoms with Gasteiger partial charge in [0.25, 0.3) is 5.91 Å². The van der Waals surface area contributed by atoms with Gasteiger partial charge in [-0.15, -0.1) is 10.2 Å². The number of hydrogen-bond donors (Lipinski definition) is 0. The van der Waals surface area contributed by atoms with E-state index in [0.29, 0.717) is 61.4 Å². The zero-order valence-electron chi connectivity index (χ0n) is 15.6. The predicted molar refractivity (Wildman–Crippen MR) is 110 cm³/mol. The quantitative estimate of drug-likeness (QED) is 0.620. The fourth-order valence-electron chi connectivity index (χ4n) is 3.16. The third kappa shape index (κ3) is 4.65. The van der Waals surface area contributed by atoms with Crippen molar-refractivity contribution < 1.29 is 14.0 Å². The van der Waals surface area contributed by atoms with Gasteiger partial charge in [0.05, 0.1) is 0 Å². The number of thiophene rings is 1. The minimum atomic E-state index is -0.0411. The van der Waals surface area contributed by atoms with Crippen molar-refractivity contribution in [2.24, 2.45) is 0 Å². The standard InChI is InChI=1S/C20H19ClN4O3S/c21-16-3-1-14(2-4-16)20(27)25-10-8-24(9-11-25)18(26)6-5-17-22-23-19(28-17)15-7-12-29-13-15/h1-4,7,12-13H,5-6,8-11H2. The maximum atomic E-state index is 12.6. The van der Waals surface area contributed by atoms with Gasteiger partial charge < -0.3 is 14.2 Å². The maximum absolute atomic E-state index is 12.6. The number of rotatable bonds is 5. The Bertz CT molecular complexity index is 980. The van der Waals surface area contributed by atoms with Gasteiger partial charge in [-0.3, -0.25) is 9.59 Å². The van der Waals surface area contributed by atoms with E-state index >= 15 is 0 Å². The number of hydrogen-bond acceptors (Lipinski definition) is 6. The Morgan fingerprint density at radius 3 is 2.45 bits per heavy atom. The molecule has 4 rings (SSSR count). The van der Waals surface area contributed by atoms with E-state index in [1.54, 1.807) is 45.4 Å². The van der Waals surface area contributed by atoms with Crippen molar-refractivity contribution in [2.45, 2.75) is 12.8 Å². The number of nitrogens with zero attached hydrogens (tertiary/aromatic N) is 4. The average Bonchev–Trinajstić information content (AvgIpc) is 3.44. The van der Waals surface area contributed by atoms with Crippen molar-refractivity contribution in [1.29, 1.82) is 0 Å². The van der Waals surface area contributed by atoms with E-state index in [0.717, 1.165) is 5.56 Å². The third-order valence-electron chi connectivity index (χ3n) is 4.80. The van der Waals surface area contributed by atoms with Crippen molar-refractivity contribution in [2.75, 3.05) is 26.2 Å². The van der Waals surface area contributed by atoms with Gasteiger partial charge in [0.2, 0.25) is 17.7 Å². The molecule has 29 heavy (non-hydrogen) atoms. The Labute approximate surface area is 176 Å². The van der Waals surface area contributed by atoms with Gasteiger partial charge >= 0.3 is 0 Å². The van der Waals surface area contributed by atoms with Gasteiger partial charge in [-0.05, 0) is 35.7 Å². The van der Waals surface area contributed by atoms with Crippen molar-refractivity contribution in [3.05, 3.63) is 57.6 Å². The first kappa shape index (κ1) is 19.6. The number of halogens is 1. The summed E-state index contributed by atoms with van der Waals surface area (Å²) in [5.41, 5.74) is 1.49. The molecular weight excluding hydrogens is 412 g/mol. The van der Waals surface area contributed by atoms with Crippen LogP contribution in [0.4, 0.5) is 0 Å². The van der Waals surface area contributed by atoms with Gasteiger partial charge in [0.15, 0.2) is 0 Å².